The molecule has 2 N–H and O–H groups in total. The number of rotatable bonds is 1. The van der Waals surface area contributed by atoms with E-state index in [1.54, 1.807) is 10.9 Å². The van der Waals surface area contributed by atoms with Gasteiger partial charge in [0.05, 0.1) is 11.9 Å². The molecule has 2 aromatic rings. The average molecular weight is 228 g/mol. The van der Waals surface area contributed by atoms with E-state index in [1.165, 1.54) is 0 Å². The number of fused-ring (bicyclic) bond motifs is 1. The maximum atomic E-state index is 11.7. The Kier molecular flexibility index (Phi) is 2.29. The summed E-state index contributed by atoms with van der Waals surface area (Å²) >= 11 is 0. The van der Waals surface area contributed by atoms with E-state index in [-0.39, 0.29) is 5.91 Å². The van der Waals surface area contributed by atoms with Crippen LogP contribution in [0.3, 0.4) is 0 Å². The van der Waals surface area contributed by atoms with E-state index >= 15 is 0 Å². The summed E-state index contributed by atoms with van der Waals surface area (Å²) in [7, 11) is 0. The smallest absolute Gasteiger partial charge is 0.256 e. The van der Waals surface area contributed by atoms with Crippen LogP contribution in [-0.2, 0) is 0 Å². The lowest BCUT2D eigenvalue weighted by atomic mass is 10.3. The fourth-order valence-electron chi connectivity index (χ4n) is 1.90. The Hall–Kier alpha value is -2.30. The summed E-state index contributed by atoms with van der Waals surface area (Å²) in [5.41, 5.74) is 1.53. The molecule has 1 aliphatic heterocycles. The van der Waals surface area contributed by atoms with Gasteiger partial charge in [-0.3, -0.25) is 4.79 Å². The zero-order valence-corrected chi connectivity index (χ0v) is 9.18. The molecule has 0 aliphatic carbocycles. The summed E-state index contributed by atoms with van der Waals surface area (Å²) in [6, 6.07) is 9.75. The Morgan fingerprint density at radius 1 is 1.12 bits per heavy atom. The second-order valence-electron chi connectivity index (χ2n) is 3.84. The van der Waals surface area contributed by atoms with Gasteiger partial charge in [0.2, 0.25) is 0 Å². The van der Waals surface area contributed by atoms with Crippen LogP contribution in [0.4, 0.5) is 5.82 Å². The van der Waals surface area contributed by atoms with Gasteiger partial charge in [0.15, 0.2) is 0 Å². The van der Waals surface area contributed by atoms with Crippen molar-refractivity contribution >= 4 is 11.7 Å². The van der Waals surface area contributed by atoms with Gasteiger partial charge >= 0.3 is 0 Å². The van der Waals surface area contributed by atoms with Crippen LogP contribution in [0, 0.1) is 0 Å². The van der Waals surface area contributed by atoms with Crippen molar-refractivity contribution in [3.05, 3.63) is 42.1 Å². The van der Waals surface area contributed by atoms with E-state index in [0.29, 0.717) is 18.7 Å². The third kappa shape index (κ3) is 1.65. The fraction of sp³-hybridized carbons (Fsp3) is 0.167. The number of benzene rings is 1. The molecule has 5 heteroatoms. The van der Waals surface area contributed by atoms with Crippen molar-refractivity contribution in [2.24, 2.45) is 0 Å². The number of amides is 1. The third-order valence-electron chi connectivity index (χ3n) is 2.72. The van der Waals surface area contributed by atoms with Gasteiger partial charge in [0.1, 0.15) is 11.4 Å². The summed E-state index contributed by atoms with van der Waals surface area (Å²) in [6.07, 6.45) is 1.59. The Labute approximate surface area is 98.4 Å². The first-order valence-corrected chi connectivity index (χ1v) is 5.52. The number of nitrogens with zero attached hydrogens (tertiary/aromatic N) is 2. The lowest BCUT2D eigenvalue weighted by molar-refractivity contribution is 0.0958. The molecule has 0 saturated heterocycles. The van der Waals surface area contributed by atoms with Gasteiger partial charge < -0.3 is 10.6 Å². The van der Waals surface area contributed by atoms with Gasteiger partial charge in [0.25, 0.3) is 5.91 Å². The monoisotopic (exact) mass is 228 g/mol. The normalized spacial score (nSPS) is 14.5. The molecule has 0 atom stereocenters. The molecule has 1 amide bonds. The second-order valence-corrected chi connectivity index (χ2v) is 3.84. The van der Waals surface area contributed by atoms with Crippen molar-refractivity contribution in [3.8, 4) is 5.69 Å². The number of hydrogen-bond acceptors (Lipinski definition) is 3. The molecule has 0 unspecified atom stereocenters. The highest BCUT2D eigenvalue weighted by molar-refractivity contribution is 5.99. The first-order valence-electron chi connectivity index (χ1n) is 5.52. The highest BCUT2D eigenvalue weighted by Gasteiger charge is 2.20. The van der Waals surface area contributed by atoms with Crippen molar-refractivity contribution in [2.75, 3.05) is 18.4 Å². The largest absolute Gasteiger partial charge is 0.368 e. The van der Waals surface area contributed by atoms with E-state index in [1.807, 2.05) is 30.3 Å². The molecular formula is C12H12N4O. The van der Waals surface area contributed by atoms with Crippen LogP contribution >= 0.6 is 0 Å². The molecule has 17 heavy (non-hydrogen) atoms. The number of carbonyl (C=O) groups excluding carboxylic acids is 1. The van der Waals surface area contributed by atoms with E-state index in [0.717, 1.165) is 11.5 Å². The molecular weight excluding hydrogens is 216 g/mol. The Morgan fingerprint density at radius 3 is 2.71 bits per heavy atom. The molecule has 0 spiro atoms. The molecule has 1 aliphatic rings. The van der Waals surface area contributed by atoms with Crippen LogP contribution in [-0.4, -0.2) is 28.8 Å². The van der Waals surface area contributed by atoms with Crippen molar-refractivity contribution in [3.63, 3.8) is 0 Å². The second kappa shape index (κ2) is 3.93. The number of para-hydroxylation sites is 1. The minimum Gasteiger partial charge on any atom is -0.368 e. The quantitative estimate of drug-likeness (QED) is 0.766. The highest BCUT2D eigenvalue weighted by atomic mass is 16.1. The number of nitrogens with one attached hydrogen (secondary N) is 2. The van der Waals surface area contributed by atoms with Crippen LogP contribution in [0.25, 0.3) is 5.69 Å². The van der Waals surface area contributed by atoms with E-state index in [2.05, 4.69) is 15.7 Å². The van der Waals surface area contributed by atoms with Crippen LogP contribution in [0.2, 0.25) is 0 Å². The summed E-state index contributed by atoms with van der Waals surface area (Å²) in [6.45, 7) is 1.33. The first-order chi connectivity index (χ1) is 8.36. The number of aromatic nitrogens is 2. The SMILES string of the molecule is O=C1NCCNc2c1cnn2-c1ccccc1. The van der Waals surface area contributed by atoms with Crippen LogP contribution in [0.15, 0.2) is 36.5 Å². The molecule has 3 rings (SSSR count). The third-order valence-corrected chi connectivity index (χ3v) is 2.72. The average Bonchev–Trinajstić information content (AvgIpc) is 2.71. The summed E-state index contributed by atoms with van der Waals surface area (Å²) in [5.74, 6) is 0.679. The maximum Gasteiger partial charge on any atom is 0.256 e. The molecule has 0 bridgehead atoms. The lowest BCUT2D eigenvalue weighted by Gasteiger charge is -2.08. The molecule has 0 saturated carbocycles. The summed E-state index contributed by atoms with van der Waals surface area (Å²) < 4.78 is 1.75. The predicted molar refractivity (Wildman–Crippen MR) is 64.4 cm³/mol. The van der Waals surface area contributed by atoms with E-state index in [9.17, 15) is 4.79 Å². The van der Waals surface area contributed by atoms with Gasteiger partial charge in [-0.05, 0) is 12.1 Å². The predicted octanol–water partition coefficient (Wildman–Crippen LogP) is 1.03. The van der Waals surface area contributed by atoms with Crippen molar-refractivity contribution in [1.82, 2.24) is 15.1 Å². The Bertz CT molecular complexity index is 547. The fourth-order valence-corrected chi connectivity index (χ4v) is 1.90. The molecule has 1 aromatic carbocycles. The summed E-state index contributed by atoms with van der Waals surface area (Å²) in [4.78, 5) is 11.7. The standard InChI is InChI=1S/C12H12N4O/c17-12-10-8-15-16(9-4-2-1-3-5-9)11(10)13-6-7-14-12/h1-5,8,13H,6-7H2,(H,14,17). The topological polar surface area (TPSA) is 59.0 Å². The van der Waals surface area contributed by atoms with Gasteiger partial charge in [0, 0.05) is 13.1 Å². The molecule has 0 fully saturated rings. The molecule has 1 aromatic heterocycles. The zero-order chi connectivity index (χ0) is 11.7. The minimum absolute atomic E-state index is 0.0767. The van der Waals surface area contributed by atoms with E-state index in [4.69, 9.17) is 0 Å². The van der Waals surface area contributed by atoms with Crippen LogP contribution in [0.1, 0.15) is 10.4 Å². The van der Waals surface area contributed by atoms with E-state index < -0.39 is 0 Å². The van der Waals surface area contributed by atoms with Gasteiger partial charge in [-0.1, -0.05) is 18.2 Å². The zero-order valence-electron chi connectivity index (χ0n) is 9.18. The Balaban J connectivity index is 2.11. The number of anilines is 1. The maximum absolute atomic E-state index is 11.7. The molecule has 2 heterocycles. The van der Waals surface area contributed by atoms with Crippen molar-refractivity contribution in [1.29, 1.82) is 0 Å². The van der Waals surface area contributed by atoms with Crippen molar-refractivity contribution < 1.29 is 4.79 Å². The number of carbonyl (C=O) groups is 1. The van der Waals surface area contributed by atoms with Crippen LogP contribution < -0.4 is 10.6 Å². The van der Waals surface area contributed by atoms with Gasteiger partial charge in [-0.15, -0.1) is 0 Å². The van der Waals surface area contributed by atoms with Crippen LogP contribution in [0.5, 0.6) is 0 Å². The van der Waals surface area contributed by atoms with Gasteiger partial charge in [-0.2, -0.15) is 5.10 Å². The lowest BCUT2D eigenvalue weighted by Crippen LogP contribution is -2.24. The first kappa shape index (κ1) is 9.89. The molecule has 0 radical (unpaired) electrons. The molecule has 86 valence electrons. The Morgan fingerprint density at radius 2 is 1.88 bits per heavy atom. The number of hydrogen-bond donors (Lipinski definition) is 2. The molecule has 5 nitrogen and oxygen atoms in total. The van der Waals surface area contributed by atoms with Gasteiger partial charge in [-0.25, -0.2) is 4.68 Å². The minimum atomic E-state index is -0.0767. The van der Waals surface area contributed by atoms with Crippen molar-refractivity contribution in [2.45, 2.75) is 0 Å². The summed E-state index contributed by atoms with van der Waals surface area (Å²) in [5, 5.41) is 10.3. The highest BCUT2D eigenvalue weighted by Crippen LogP contribution is 2.20.